The molecular weight excluding hydrogens is 312 g/mol. The van der Waals surface area contributed by atoms with Crippen LogP contribution in [0.3, 0.4) is 0 Å². The van der Waals surface area contributed by atoms with Crippen molar-refractivity contribution < 1.29 is 4.79 Å². The molecule has 0 unspecified atom stereocenters. The zero-order valence-electron chi connectivity index (χ0n) is 16.0. The van der Waals surface area contributed by atoms with Crippen LogP contribution in [-0.4, -0.2) is 20.7 Å². The third-order valence-electron chi connectivity index (χ3n) is 4.42. The van der Waals surface area contributed by atoms with E-state index >= 15 is 0 Å². The summed E-state index contributed by atoms with van der Waals surface area (Å²) < 4.78 is 1.24. The molecule has 1 rings (SSSR count). The molecule has 0 atom stereocenters. The van der Waals surface area contributed by atoms with Gasteiger partial charge in [0.05, 0.1) is 0 Å². The summed E-state index contributed by atoms with van der Waals surface area (Å²) in [5, 5.41) is 3.83. The summed E-state index contributed by atoms with van der Waals surface area (Å²) in [6, 6.07) is 0. The van der Waals surface area contributed by atoms with Gasteiger partial charge in [-0.1, -0.05) is 70.4 Å². The van der Waals surface area contributed by atoms with Gasteiger partial charge in [0.2, 0.25) is 11.9 Å². The van der Waals surface area contributed by atoms with Crippen LogP contribution in [0.25, 0.3) is 0 Å². The van der Waals surface area contributed by atoms with Gasteiger partial charge in [0.15, 0.2) is 0 Å². The molecule has 5 nitrogen and oxygen atoms in total. The third-order valence-corrected chi connectivity index (χ3v) is 4.42. The molecule has 1 aromatic heterocycles. The highest BCUT2D eigenvalue weighted by Gasteiger charge is 2.06. The van der Waals surface area contributed by atoms with Gasteiger partial charge >= 0.3 is 0 Å². The standard InChI is InChI=1S/C20H36N4O/c1-2-3-4-5-6-7-8-9-10-11-12-13-14-15-16-17-19(25)24-18-22-20(21)23-24/h9-10,18H,2-8,11-17H2,1H3,(H2,21,23). The Labute approximate surface area is 153 Å². The molecule has 25 heavy (non-hydrogen) atoms. The Morgan fingerprint density at radius 1 is 0.960 bits per heavy atom. The van der Waals surface area contributed by atoms with Gasteiger partial charge in [-0.3, -0.25) is 4.79 Å². The lowest BCUT2D eigenvalue weighted by Crippen LogP contribution is -2.11. The van der Waals surface area contributed by atoms with Gasteiger partial charge < -0.3 is 5.73 Å². The second kappa shape index (κ2) is 14.7. The van der Waals surface area contributed by atoms with Crippen molar-refractivity contribution in [2.45, 2.75) is 96.8 Å². The number of hydrogen-bond donors (Lipinski definition) is 1. The molecule has 0 bridgehead atoms. The van der Waals surface area contributed by atoms with Crippen LogP contribution in [0.1, 0.15) is 102 Å². The minimum Gasteiger partial charge on any atom is -0.366 e. The molecule has 0 saturated heterocycles. The highest BCUT2D eigenvalue weighted by atomic mass is 16.2. The van der Waals surface area contributed by atoms with Crippen molar-refractivity contribution in [2.75, 3.05) is 5.73 Å². The minimum absolute atomic E-state index is 0.0261. The highest BCUT2D eigenvalue weighted by molar-refractivity contribution is 5.77. The molecule has 142 valence electrons. The summed E-state index contributed by atoms with van der Waals surface area (Å²) in [4.78, 5) is 15.5. The van der Waals surface area contributed by atoms with Crippen LogP contribution < -0.4 is 5.73 Å². The quantitative estimate of drug-likeness (QED) is 0.334. The maximum atomic E-state index is 11.8. The Kier molecular flexibility index (Phi) is 12.6. The summed E-state index contributed by atoms with van der Waals surface area (Å²) >= 11 is 0. The fraction of sp³-hybridized carbons (Fsp3) is 0.750. The molecule has 1 heterocycles. The zero-order valence-corrected chi connectivity index (χ0v) is 16.0. The van der Waals surface area contributed by atoms with Crippen LogP contribution in [0, 0.1) is 0 Å². The number of allylic oxidation sites excluding steroid dienone is 2. The molecule has 0 aliphatic rings. The predicted octanol–water partition coefficient (Wildman–Crippen LogP) is 5.54. The van der Waals surface area contributed by atoms with Crippen molar-refractivity contribution in [3.8, 4) is 0 Å². The monoisotopic (exact) mass is 348 g/mol. The van der Waals surface area contributed by atoms with Crippen molar-refractivity contribution in [3.63, 3.8) is 0 Å². The first-order chi connectivity index (χ1) is 12.2. The van der Waals surface area contributed by atoms with Gasteiger partial charge in [0, 0.05) is 6.42 Å². The Morgan fingerprint density at radius 3 is 2.08 bits per heavy atom. The maximum absolute atomic E-state index is 11.8. The van der Waals surface area contributed by atoms with E-state index in [0.29, 0.717) is 6.42 Å². The summed E-state index contributed by atoms with van der Waals surface area (Å²) in [6.45, 7) is 2.26. The molecule has 0 amide bonds. The van der Waals surface area contributed by atoms with E-state index in [0.717, 1.165) is 12.8 Å². The molecular formula is C20H36N4O. The zero-order chi connectivity index (χ0) is 18.2. The van der Waals surface area contributed by atoms with E-state index in [-0.39, 0.29) is 11.9 Å². The molecule has 0 fully saturated rings. The van der Waals surface area contributed by atoms with Crippen LogP contribution in [0.2, 0.25) is 0 Å². The van der Waals surface area contributed by atoms with Crippen molar-refractivity contribution in [1.29, 1.82) is 0 Å². The summed E-state index contributed by atoms with van der Waals surface area (Å²) in [6.07, 6.45) is 22.9. The number of unbranched alkanes of at least 4 members (excludes halogenated alkanes) is 11. The Hall–Kier alpha value is -1.65. The average Bonchev–Trinajstić information content (AvgIpc) is 3.04. The largest absolute Gasteiger partial charge is 0.366 e. The second-order valence-electron chi connectivity index (χ2n) is 6.78. The van der Waals surface area contributed by atoms with Crippen molar-refractivity contribution >= 4 is 11.9 Å². The fourth-order valence-corrected chi connectivity index (χ4v) is 2.86. The van der Waals surface area contributed by atoms with Crippen LogP contribution >= 0.6 is 0 Å². The van der Waals surface area contributed by atoms with Crippen molar-refractivity contribution in [2.24, 2.45) is 0 Å². The number of carbonyl (C=O) groups is 1. The SMILES string of the molecule is CCCCCCCCC=CCCCCCCCC(=O)n1cnc(N)n1. The number of nitrogens with zero attached hydrogens (tertiary/aromatic N) is 3. The minimum atomic E-state index is -0.0261. The van der Waals surface area contributed by atoms with Crippen molar-refractivity contribution in [3.05, 3.63) is 18.5 Å². The molecule has 0 saturated carbocycles. The maximum Gasteiger partial charge on any atom is 0.248 e. The van der Waals surface area contributed by atoms with Gasteiger partial charge in [-0.2, -0.15) is 4.68 Å². The topological polar surface area (TPSA) is 73.8 Å². The lowest BCUT2D eigenvalue weighted by Gasteiger charge is -2.01. The lowest BCUT2D eigenvalue weighted by atomic mass is 10.1. The number of carbonyl (C=O) groups excluding carboxylic acids is 1. The van der Waals surface area contributed by atoms with E-state index in [1.165, 1.54) is 81.6 Å². The van der Waals surface area contributed by atoms with Gasteiger partial charge in [-0.25, -0.2) is 4.98 Å². The Balaban J connectivity index is 1.84. The Bertz CT molecular complexity index is 482. The van der Waals surface area contributed by atoms with Crippen LogP contribution in [0.15, 0.2) is 18.5 Å². The average molecular weight is 349 g/mol. The lowest BCUT2D eigenvalue weighted by molar-refractivity contribution is 0.0883. The van der Waals surface area contributed by atoms with Crippen LogP contribution in [0.5, 0.6) is 0 Å². The number of nitrogens with two attached hydrogens (primary N) is 1. The van der Waals surface area contributed by atoms with E-state index in [4.69, 9.17) is 5.73 Å². The summed E-state index contributed by atoms with van der Waals surface area (Å²) in [5.74, 6) is 0.125. The van der Waals surface area contributed by atoms with Gasteiger partial charge in [0.25, 0.3) is 0 Å². The molecule has 2 N–H and O–H groups in total. The third kappa shape index (κ3) is 11.5. The normalized spacial score (nSPS) is 11.4. The predicted molar refractivity (Wildman–Crippen MR) is 105 cm³/mol. The van der Waals surface area contributed by atoms with E-state index in [1.807, 2.05) is 0 Å². The molecule has 5 heteroatoms. The van der Waals surface area contributed by atoms with Crippen LogP contribution in [0.4, 0.5) is 5.95 Å². The molecule has 1 aromatic rings. The van der Waals surface area contributed by atoms with Gasteiger partial charge in [-0.05, 0) is 32.1 Å². The number of hydrogen-bond acceptors (Lipinski definition) is 4. The molecule has 0 spiro atoms. The summed E-state index contributed by atoms with van der Waals surface area (Å²) in [7, 11) is 0. The van der Waals surface area contributed by atoms with E-state index in [9.17, 15) is 4.79 Å². The fourth-order valence-electron chi connectivity index (χ4n) is 2.86. The first kappa shape index (κ1) is 21.4. The number of nitrogen functional groups attached to an aromatic ring is 1. The van der Waals surface area contributed by atoms with E-state index < -0.39 is 0 Å². The number of aromatic nitrogens is 3. The first-order valence-corrected chi connectivity index (χ1v) is 10.1. The van der Waals surface area contributed by atoms with Gasteiger partial charge in [-0.15, -0.1) is 5.10 Å². The van der Waals surface area contributed by atoms with E-state index in [2.05, 4.69) is 29.2 Å². The summed E-state index contributed by atoms with van der Waals surface area (Å²) in [5.41, 5.74) is 5.40. The molecule has 0 radical (unpaired) electrons. The second-order valence-corrected chi connectivity index (χ2v) is 6.78. The van der Waals surface area contributed by atoms with Gasteiger partial charge in [0.1, 0.15) is 6.33 Å². The number of rotatable bonds is 15. The molecule has 0 aromatic carbocycles. The molecule has 0 aliphatic carbocycles. The van der Waals surface area contributed by atoms with Crippen molar-refractivity contribution in [1.82, 2.24) is 14.8 Å². The highest BCUT2D eigenvalue weighted by Crippen LogP contribution is 2.10. The van der Waals surface area contributed by atoms with E-state index in [1.54, 1.807) is 0 Å². The smallest absolute Gasteiger partial charge is 0.248 e. The van der Waals surface area contributed by atoms with Crippen LogP contribution in [-0.2, 0) is 0 Å². The number of anilines is 1. The Morgan fingerprint density at radius 2 is 1.52 bits per heavy atom. The molecule has 0 aliphatic heterocycles. The first-order valence-electron chi connectivity index (χ1n) is 10.1.